The minimum absolute atomic E-state index is 0.540. The van der Waals surface area contributed by atoms with E-state index >= 15 is 0 Å². The summed E-state index contributed by atoms with van der Waals surface area (Å²) in [7, 11) is 1.88. The summed E-state index contributed by atoms with van der Waals surface area (Å²) in [5.74, 6) is 0. The molecule has 0 saturated heterocycles. The Balaban J connectivity index is 2.07. The summed E-state index contributed by atoms with van der Waals surface area (Å²) >= 11 is 1.46. The summed E-state index contributed by atoms with van der Waals surface area (Å²) in [6, 6.07) is 0. The second-order valence-electron chi connectivity index (χ2n) is 3.31. The van der Waals surface area contributed by atoms with Crippen LogP contribution in [0.25, 0.3) is 0 Å². The van der Waals surface area contributed by atoms with Gasteiger partial charge in [-0.25, -0.2) is 0 Å². The minimum atomic E-state index is 0.540. The molecular formula is C10H19N3O2S. The van der Waals surface area contributed by atoms with E-state index in [1.54, 1.807) is 0 Å². The van der Waals surface area contributed by atoms with Gasteiger partial charge in [0, 0.05) is 13.2 Å². The molecule has 0 fully saturated rings. The zero-order valence-corrected chi connectivity index (χ0v) is 10.7. The lowest BCUT2D eigenvalue weighted by atomic mass is 10.4. The number of nitrogens with zero attached hydrogens (tertiary/aromatic N) is 2. The molecule has 0 radical (unpaired) electrons. The van der Waals surface area contributed by atoms with Crippen molar-refractivity contribution in [3.8, 4) is 5.19 Å². The van der Waals surface area contributed by atoms with E-state index in [0.717, 1.165) is 31.0 Å². The highest BCUT2D eigenvalue weighted by atomic mass is 32.1. The lowest BCUT2D eigenvalue weighted by Crippen LogP contribution is -2.07. The summed E-state index contributed by atoms with van der Waals surface area (Å²) in [5.41, 5.74) is 0. The first kappa shape index (κ1) is 13.3. The van der Waals surface area contributed by atoms with Crippen molar-refractivity contribution < 1.29 is 9.47 Å². The van der Waals surface area contributed by atoms with Gasteiger partial charge in [0.05, 0.1) is 6.61 Å². The van der Waals surface area contributed by atoms with Gasteiger partial charge in [0.25, 0.3) is 5.19 Å². The molecule has 0 saturated carbocycles. The number of unbranched alkanes of at least 4 members (excludes halogenated alkanes) is 1. The number of aromatic nitrogens is 2. The van der Waals surface area contributed by atoms with E-state index < -0.39 is 0 Å². The average molecular weight is 245 g/mol. The Bertz CT molecular complexity index is 281. The van der Waals surface area contributed by atoms with Crippen LogP contribution in [-0.2, 0) is 11.3 Å². The monoisotopic (exact) mass is 245 g/mol. The van der Waals surface area contributed by atoms with E-state index in [0.29, 0.717) is 18.4 Å². The van der Waals surface area contributed by atoms with E-state index in [-0.39, 0.29) is 0 Å². The van der Waals surface area contributed by atoms with E-state index in [2.05, 4.69) is 22.4 Å². The van der Waals surface area contributed by atoms with Gasteiger partial charge in [-0.15, -0.1) is 10.2 Å². The predicted molar refractivity (Wildman–Crippen MR) is 63.9 cm³/mol. The molecule has 1 aromatic rings. The Morgan fingerprint density at radius 1 is 1.25 bits per heavy atom. The first-order valence-corrected chi connectivity index (χ1v) is 6.36. The van der Waals surface area contributed by atoms with E-state index in [4.69, 9.17) is 9.47 Å². The fourth-order valence-electron chi connectivity index (χ4n) is 1.06. The molecule has 1 rings (SSSR count). The van der Waals surface area contributed by atoms with Crippen LogP contribution < -0.4 is 10.1 Å². The molecule has 0 aliphatic carbocycles. The van der Waals surface area contributed by atoms with Crippen molar-refractivity contribution in [2.75, 3.05) is 26.9 Å². The van der Waals surface area contributed by atoms with Crippen molar-refractivity contribution in [2.24, 2.45) is 0 Å². The van der Waals surface area contributed by atoms with Crippen LogP contribution in [0.5, 0.6) is 5.19 Å². The highest BCUT2D eigenvalue weighted by Gasteiger charge is 2.03. The zero-order chi connectivity index (χ0) is 11.6. The fourth-order valence-corrected chi connectivity index (χ4v) is 1.78. The van der Waals surface area contributed by atoms with Crippen LogP contribution >= 0.6 is 11.3 Å². The van der Waals surface area contributed by atoms with Crippen LogP contribution in [-0.4, -0.2) is 37.1 Å². The molecule has 0 aliphatic heterocycles. The maximum absolute atomic E-state index is 5.41. The first-order chi connectivity index (χ1) is 7.86. The summed E-state index contributed by atoms with van der Waals surface area (Å²) in [5, 5.41) is 12.5. The number of hydrogen-bond acceptors (Lipinski definition) is 6. The Kier molecular flexibility index (Phi) is 7.03. The van der Waals surface area contributed by atoms with E-state index in [9.17, 15) is 0 Å². The van der Waals surface area contributed by atoms with Crippen LogP contribution in [0.4, 0.5) is 0 Å². The molecular weight excluding hydrogens is 226 g/mol. The van der Waals surface area contributed by atoms with Gasteiger partial charge in [0.2, 0.25) is 0 Å². The summed E-state index contributed by atoms with van der Waals surface area (Å²) in [6.45, 7) is 4.83. The normalized spacial score (nSPS) is 10.6. The highest BCUT2D eigenvalue weighted by molar-refractivity contribution is 7.13. The SMILES string of the molecule is CCCCOCCOc1nnc(CNC)s1. The Labute approximate surface area is 100 Å². The number of ether oxygens (including phenoxy) is 2. The zero-order valence-electron chi connectivity index (χ0n) is 9.86. The molecule has 6 heteroatoms. The third kappa shape index (κ3) is 5.39. The molecule has 5 nitrogen and oxygen atoms in total. The van der Waals surface area contributed by atoms with Gasteiger partial charge >= 0.3 is 0 Å². The first-order valence-electron chi connectivity index (χ1n) is 5.54. The third-order valence-electron chi connectivity index (χ3n) is 1.87. The molecule has 1 heterocycles. The van der Waals surface area contributed by atoms with E-state index in [1.807, 2.05) is 7.05 Å². The van der Waals surface area contributed by atoms with Gasteiger partial charge < -0.3 is 14.8 Å². The van der Waals surface area contributed by atoms with Crippen molar-refractivity contribution >= 4 is 11.3 Å². The molecule has 92 valence electrons. The smallest absolute Gasteiger partial charge is 0.294 e. The van der Waals surface area contributed by atoms with Crippen LogP contribution in [0.15, 0.2) is 0 Å². The molecule has 1 aromatic heterocycles. The molecule has 16 heavy (non-hydrogen) atoms. The van der Waals surface area contributed by atoms with Gasteiger partial charge in [-0.1, -0.05) is 24.7 Å². The van der Waals surface area contributed by atoms with Crippen LogP contribution in [0.3, 0.4) is 0 Å². The maximum atomic E-state index is 5.41. The lowest BCUT2D eigenvalue weighted by molar-refractivity contribution is 0.0977. The Hall–Kier alpha value is -0.720. The van der Waals surface area contributed by atoms with Gasteiger partial charge in [0.15, 0.2) is 0 Å². The molecule has 0 spiro atoms. The summed E-state index contributed by atoms with van der Waals surface area (Å²) < 4.78 is 10.8. The van der Waals surface area contributed by atoms with Crippen molar-refractivity contribution in [3.05, 3.63) is 5.01 Å². The molecule has 0 aromatic carbocycles. The lowest BCUT2D eigenvalue weighted by Gasteiger charge is -2.02. The quantitative estimate of drug-likeness (QED) is 0.667. The van der Waals surface area contributed by atoms with Crippen molar-refractivity contribution in [2.45, 2.75) is 26.3 Å². The van der Waals surface area contributed by atoms with Crippen LogP contribution in [0.1, 0.15) is 24.8 Å². The number of rotatable bonds is 9. The van der Waals surface area contributed by atoms with Gasteiger partial charge in [-0.05, 0) is 13.5 Å². The second kappa shape index (κ2) is 8.43. The molecule has 0 atom stereocenters. The maximum Gasteiger partial charge on any atom is 0.294 e. The molecule has 0 unspecified atom stereocenters. The molecule has 0 amide bonds. The number of nitrogens with one attached hydrogen (secondary N) is 1. The van der Waals surface area contributed by atoms with Crippen LogP contribution in [0.2, 0.25) is 0 Å². The largest absolute Gasteiger partial charge is 0.466 e. The van der Waals surface area contributed by atoms with Crippen molar-refractivity contribution in [1.29, 1.82) is 0 Å². The molecule has 0 bridgehead atoms. The minimum Gasteiger partial charge on any atom is -0.466 e. The summed E-state index contributed by atoms with van der Waals surface area (Å²) in [4.78, 5) is 0. The van der Waals surface area contributed by atoms with Gasteiger partial charge in [0.1, 0.15) is 11.6 Å². The molecule has 1 N–H and O–H groups in total. The van der Waals surface area contributed by atoms with Crippen molar-refractivity contribution in [1.82, 2.24) is 15.5 Å². The Morgan fingerprint density at radius 2 is 2.12 bits per heavy atom. The van der Waals surface area contributed by atoms with Gasteiger partial charge in [-0.3, -0.25) is 0 Å². The van der Waals surface area contributed by atoms with Crippen molar-refractivity contribution in [3.63, 3.8) is 0 Å². The Morgan fingerprint density at radius 3 is 2.88 bits per heavy atom. The van der Waals surface area contributed by atoms with Gasteiger partial charge in [-0.2, -0.15) is 0 Å². The number of hydrogen-bond donors (Lipinski definition) is 1. The second-order valence-corrected chi connectivity index (χ2v) is 4.33. The predicted octanol–water partition coefficient (Wildman–Crippen LogP) is 1.45. The van der Waals surface area contributed by atoms with Crippen LogP contribution in [0, 0.1) is 0 Å². The fraction of sp³-hybridized carbons (Fsp3) is 0.800. The van der Waals surface area contributed by atoms with E-state index in [1.165, 1.54) is 11.3 Å². The highest BCUT2D eigenvalue weighted by Crippen LogP contribution is 2.17. The summed E-state index contributed by atoms with van der Waals surface area (Å²) in [6.07, 6.45) is 2.26. The third-order valence-corrected chi connectivity index (χ3v) is 2.71. The standard InChI is InChI=1S/C10H19N3O2S/c1-3-4-5-14-6-7-15-10-13-12-9(16-10)8-11-2/h11H,3-8H2,1-2H3. The average Bonchev–Trinajstić information content (AvgIpc) is 2.72. The topological polar surface area (TPSA) is 56.3 Å². The molecule has 0 aliphatic rings.